The van der Waals surface area contributed by atoms with E-state index < -0.39 is 0 Å². The summed E-state index contributed by atoms with van der Waals surface area (Å²) < 4.78 is 21.0. The van der Waals surface area contributed by atoms with Crippen molar-refractivity contribution in [3.05, 3.63) is 48.0 Å². The lowest BCUT2D eigenvalue weighted by Gasteiger charge is -2.32. The SMILES string of the molecule is Cn1nccc1CCC(=O)N1CCC[C@H](COc2ccccc2F)C1. The van der Waals surface area contributed by atoms with Crippen molar-refractivity contribution in [3.8, 4) is 5.75 Å². The van der Waals surface area contributed by atoms with Gasteiger partial charge < -0.3 is 9.64 Å². The third-order valence-electron chi connectivity index (χ3n) is 4.70. The number of benzene rings is 1. The van der Waals surface area contributed by atoms with Crippen LogP contribution >= 0.6 is 0 Å². The minimum absolute atomic E-state index is 0.164. The van der Waals surface area contributed by atoms with Gasteiger partial charge in [-0.2, -0.15) is 5.10 Å². The van der Waals surface area contributed by atoms with Crippen molar-refractivity contribution in [3.63, 3.8) is 0 Å². The molecule has 6 heteroatoms. The number of aryl methyl sites for hydroxylation is 2. The highest BCUT2D eigenvalue weighted by molar-refractivity contribution is 5.76. The molecule has 0 unspecified atom stereocenters. The Morgan fingerprint density at radius 2 is 2.20 bits per heavy atom. The number of para-hydroxylation sites is 1. The van der Waals surface area contributed by atoms with Gasteiger partial charge in [0.25, 0.3) is 0 Å². The molecule has 3 rings (SSSR count). The van der Waals surface area contributed by atoms with Crippen molar-refractivity contribution < 1.29 is 13.9 Å². The van der Waals surface area contributed by atoms with E-state index in [1.807, 2.05) is 18.0 Å². The Morgan fingerprint density at radius 3 is 2.96 bits per heavy atom. The Labute approximate surface area is 147 Å². The summed E-state index contributed by atoms with van der Waals surface area (Å²) >= 11 is 0. The van der Waals surface area contributed by atoms with E-state index in [4.69, 9.17) is 4.74 Å². The smallest absolute Gasteiger partial charge is 0.222 e. The maximum atomic E-state index is 13.6. The molecule has 1 amide bonds. The quantitative estimate of drug-likeness (QED) is 0.809. The van der Waals surface area contributed by atoms with Crippen LogP contribution in [0, 0.1) is 11.7 Å². The first kappa shape index (κ1) is 17.5. The van der Waals surface area contributed by atoms with Crippen LogP contribution in [0.4, 0.5) is 4.39 Å². The maximum Gasteiger partial charge on any atom is 0.222 e. The van der Waals surface area contributed by atoms with Crippen LogP contribution in [0.15, 0.2) is 36.5 Å². The molecule has 134 valence electrons. The van der Waals surface area contributed by atoms with Crippen LogP contribution in [0.25, 0.3) is 0 Å². The van der Waals surface area contributed by atoms with Crippen LogP contribution in [-0.2, 0) is 18.3 Å². The van der Waals surface area contributed by atoms with Gasteiger partial charge in [-0.05, 0) is 37.5 Å². The van der Waals surface area contributed by atoms with Crippen LogP contribution < -0.4 is 4.74 Å². The standard InChI is InChI=1S/C19H24FN3O2/c1-22-16(10-11-21-22)8-9-19(24)23-12-4-5-15(13-23)14-25-18-7-3-2-6-17(18)20/h2-3,6-7,10-11,15H,4-5,8-9,12-14H2,1H3/t15-/m0/s1. The molecule has 1 fully saturated rings. The van der Waals surface area contributed by atoms with Crippen molar-refractivity contribution >= 4 is 5.91 Å². The number of rotatable bonds is 6. The molecule has 1 aromatic carbocycles. The molecule has 1 aliphatic heterocycles. The van der Waals surface area contributed by atoms with E-state index in [1.165, 1.54) is 6.07 Å². The van der Waals surface area contributed by atoms with Crippen LogP contribution in [0.5, 0.6) is 5.75 Å². The van der Waals surface area contributed by atoms with E-state index in [-0.39, 0.29) is 23.4 Å². The van der Waals surface area contributed by atoms with Crippen LogP contribution in [0.2, 0.25) is 0 Å². The zero-order valence-corrected chi connectivity index (χ0v) is 14.5. The number of ether oxygens (including phenoxy) is 1. The van der Waals surface area contributed by atoms with E-state index in [2.05, 4.69) is 5.10 Å². The lowest BCUT2D eigenvalue weighted by atomic mass is 9.98. The lowest BCUT2D eigenvalue weighted by molar-refractivity contribution is -0.133. The summed E-state index contributed by atoms with van der Waals surface area (Å²) in [4.78, 5) is 14.4. The summed E-state index contributed by atoms with van der Waals surface area (Å²) in [6.07, 6.45) is 4.89. The van der Waals surface area contributed by atoms with Crippen LogP contribution in [0.3, 0.4) is 0 Å². The van der Waals surface area contributed by atoms with Crippen LogP contribution in [-0.4, -0.2) is 40.3 Å². The summed E-state index contributed by atoms with van der Waals surface area (Å²) in [6, 6.07) is 8.37. The van der Waals surface area contributed by atoms with Gasteiger partial charge in [0, 0.05) is 44.4 Å². The van der Waals surface area contributed by atoms with E-state index in [9.17, 15) is 9.18 Å². The monoisotopic (exact) mass is 345 g/mol. The fourth-order valence-electron chi connectivity index (χ4n) is 3.24. The second-order valence-electron chi connectivity index (χ2n) is 6.54. The van der Waals surface area contributed by atoms with Crippen molar-refractivity contribution in [2.24, 2.45) is 13.0 Å². The van der Waals surface area contributed by atoms with Gasteiger partial charge in [0.2, 0.25) is 5.91 Å². The van der Waals surface area contributed by atoms with Gasteiger partial charge in [-0.15, -0.1) is 0 Å². The minimum Gasteiger partial charge on any atom is -0.490 e. The molecule has 2 heterocycles. The normalized spacial score (nSPS) is 17.5. The molecular weight excluding hydrogens is 321 g/mol. The molecule has 25 heavy (non-hydrogen) atoms. The number of hydrogen-bond donors (Lipinski definition) is 0. The summed E-state index contributed by atoms with van der Waals surface area (Å²) in [5.41, 5.74) is 1.06. The van der Waals surface area contributed by atoms with Crippen molar-refractivity contribution in [1.29, 1.82) is 0 Å². The summed E-state index contributed by atoms with van der Waals surface area (Å²) in [5.74, 6) is 0.343. The Balaban J connectivity index is 1.48. The molecule has 1 saturated heterocycles. The summed E-state index contributed by atoms with van der Waals surface area (Å²) in [5, 5.41) is 4.12. The Morgan fingerprint density at radius 1 is 1.36 bits per heavy atom. The van der Waals surface area contributed by atoms with Gasteiger partial charge in [-0.3, -0.25) is 9.48 Å². The van der Waals surface area contributed by atoms with Gasteiger partial charge in [-0.1, -0.05) is 12.1 Å². The van der Waals surface area contributed by atoms with E-state index >= 15 is 0 Å². The third kappa shape index (κ3) is 4.59. The number of likely N-dealkylation sites (tertiary alicyclic amines) is 1. The number of carbonyl (C=O) groups excluding carboxylic acids is 1. The molecule has 0 aliphatic carbocycles. The Kier molecular flexibility index (Phi) is 5.68. The molecule has 1 aliphatic rings. The molecule has 1 aromatic heterocycles. The molecule has 0 bridgehead atoms. The second-order valence-corrected chi connectivity index (χ2v) is 6.54. The zero-order valence-electron chi connectivity index (χ0n) is 14.5. The number of aromatic nitrogens is 2. The molecule has 0 spiro atoms. The molecular formula is C19H24FN3O2. The first-order chi connectivity index (χ1) is 12.1. The predicted octanol–water partition coefficient (Wildman–Crippen LogP) is 2.81. The Bertz CT molecular complexity index is 716. The number of hydrogen-bond acceptors (Lipinski definition) is 3. The van der Waals surface area contributed by atoms with E-state index in [1.54, 1.807) is 29.1 Å². The highest BCUT2D eigenvalue weighted by atomic mass is 19.1. The molecule has 2 aromatic rings. The van der Waals surface area contributed by atoms with E-state index in [0.29, 0.717) is 26.0 Å². The summed E-state index contributed by atoms with van der Waals surface area (Å²) in [6.45, 7) is 1.91. The topological polar surface area (TPSA) is 47.4 Å². The van der Waals surface area contributed by atoms with Gasteiger partial charge in [0.15, 0.2) is 11.6 Å². The van der Waals surface area contributed by atoms with Crippen molar-refractivity contribution in [2.45, 2.75) is 25.7 Å². The first-order valence-electron chi connectivity index (χ1n) is 8.75. The van der Waals surface area contributed by atoms with Gasteiger partial charge >= 0.3 is 0 Å². The molecule has 5 nitrogen and oxygen atoms in total. The second kappa shape index (κ2) is 8.14. The van der Waals surface area contributed by atoms with Gasteiger partial charge in [-0.25, -0.2) is 4.39 Å². The number of carbonyl (C=O) groups is 1. The average Bonchev–Trinajstić information content (AvgIpc) is 3.04. The van der Waals surface area contributed by atoms with Crippen molar-refractivity contribution in [1.82, 2.24) is 14.7 Å². The molecule has 1 atom stereocenters. The first-order valence-corrected chi connectivity index (χ1v) is 8.75. The average molecular weight is 345 g/mol. The molecule has 0 saturated carbocycles. The fraction of sp³-hybridized carbons (Fsp3) is 0.474. The molecule has 0 N–H and O–H groups in total. The Hall–Kier alpha value is -2.37. The number of piperidine rings is 1. The predicted molar refractivity (Wildman–Crippen MR) is 92.7 cm³/mol. The highest BCUT2D eigenvalue weighted by Gasteiger charge is 2.24. The lowest BCUT2D eigenvalue weighted by Crippen LogP contribution is -2.41. The number of nitrogens with zero attached hydrogens (tertiary/aromatic N) is 3. The van der Waals surface area contributed by atoms with Gasteiger partial charge in [0.1, 0.15) is 0 Å². The van der Waals surface area contributed by atoms with Crippen molar-refractivity contribution in [2.75, 3.05) is 19.7 Å². The fourth-order valence-corrected chi connectivity index (χ4v) is 3.24. The number of amides is 1. The third-order valence-corrected chi connectivity index (χ3v) is 4.70. The highest BCUT2D eigenvalue weighted by Crippen LogP contribution is 2.21. The van der Waals surface area contributed by atoms with Crippen LogP contribution in [0.1, 0.15) is 25.0 Å². The number of halogens is 1. The summed E-state index contributed by atoms with van der Waals surface area (Å²) in [7, 11) is 1.89. The molecule has 0 radical (unpaired) electrons. The largest absolute Gasteiger partial charge is 0.490 e. The maximum absolute atomic E-state index is 13.6. The zero-order chi connectivity index (χ0) is 17.6. The minimum atomic E-state index is -0.345. The van der Waals surface area contributed by atoms with E-state index in [0.717, 1.165) is 25.1 Å². The van der Waals surface area contributed by atoms with Gasteiger partial charge in [0.05, 0.1) is 6.61 Å².